The maximum atomic E-state index is 12.0. The molecule has 0 bridgehead atoms. The Labute approximate surface area is 132 Å². The van der Waals surface area contributed by atoms with Crippen molar-refractivity contribution in [2.24, 2.45) is 0 Å². The highest BCUT2D eigenvalue weighted by atomic mass is 35.5. The van der Waals surface area contributed by atoms with Crippen LogP contribution < -0.4 is 0 Å². The van der Waals surface area contributed by atoms with Crippen molar-refractivity contribution in [3.05, 3.63) is 35.0 Å². The van der Waals surface area contributed by atoms with E-state index in [0.717, 1.165) is 22.0 Å². The largest absolute Gasteiger partial charge is 0.461 e. The molecule has 0 spiro atoms. The second-order valence-electron chi connectivity index (χ2n) is 4.57. The van der Waals surface area contributed by atoms with Gasteiger partial charge in [-0.1, -0.05) is 6.07 Å². The zero-order chi connectivity index (χ0) is 15.4. The molecule has 0 aliphatic carbocycles. The molecule has 0 unspecified atom stereocenters. The maximum absolute atomic E-state index is 12.0. The number of halogens is 2. The van der Waals surface area contributed by atoms with Gasteiger partial charge in [-0.15, -0.1) is 11.6 Å². The van der Waals surface area contributed by atoms with Gasteiger partial charge in [0, 0.05) is 23.2 Å². The summed E-state index contributed by atoms with van der Waals surface area (Å²) in [4.78, 5) is 26.1. The van der Waals surface area contributed by atoms with Crippen LogP contribution in [0.4, 0.5) is 0 Å². The Morgan fingerprint density at radius 1 is 1.33 bits per heavy atom. The fraction of sp³-hybridized carbons (Fsp3) is 0.333. The number of benzene rings is 1. The van der Waals surface area contributed by atoms with Gasteiger partial charge < -0.3 is 9.72 Å². The highest BCUT2D eigenvalue weighted by Gasteiger charge is 2.19. The van der Waals surface area contributed by atoms with Crippen LogP contribution in [-0.2, 0) is 21.8 Å². The van der Waals surface area contributed by atoms with Crippen molar-refractivity contribution in [3.8, 4) is 0 Å². The third-order valence-electron chi connectivity index (χ3n) is 3.18. The summed E-state index contributed by atoms with van der Waals surface area (Å²) in [5.74, 6) is -0.0536. The lowest BCUT2D eigenvalue weighted by atomic mass is 10.0. The minimum Gasteiger partial charge on any atom is -0.461 e. The van der Waals surface area contributed by atoms with E-state index < -0.39 is 11.2 Å². The quantitative estimate of drug-likeness (QED) is 0.499. The molecule has 6 heteroatoms. The third-order valence-corrected chi connectivity index (χ3v) is 3.67. The molecule has 1 N–H and O–H groups in total. The lowest BCUT2D eigenvalue weighted by Crippen LogP contribution is -2.08. The highest BCUT2D eigenvalue weighted by molar-refractivity contribution is 6.63. The van der Waals surface area contributed by atoms with E-state index in [1.807, 2.05) is 18.2 Å². The molecule has 112 valence electrons. The van der Waals surface area contributed by atoms with Gasteiger partial charge in [0.2, 0.25) is 5.24 Å². The molecule has 0 atom stereocenters. The number of carbonyl (C=O) groups excluding carboxylic acids is 2. The zero-order valence-corrected chi connectivity index (χ0v) is 13.1. The topological polar surface area (TPSA) is 59.2 Å². The van der Waals surface area contributed by atoms with Crippen LogP contribution in [-0.4, -0.2) is 22.8 Å². The van der Waals surface area contributed by atoms with Crippen LogP contribution in [0.3, 0.4) is 0 Å². The Morgan fingerprint density at radius 3 is 2.71 bits per heavy atom. The summed E-state index contributed by atoms with van der Waals surface area (Å²) in [5, 5.41) is 0.432. The molecule has 0 aliphatic heterocycles. The van der Waals surface area contributed by atoms with Crippen molar-refractivity contribution < 1.29 is 14.3 Å². The number of esters is 1. The number of H-pyrrole nitrogens is 1. The molecule has 21 heavy (non-hydrogen) atoms. The Hall–Kier alpha value is -1.52. The molecular weight excluding hydrogens is 313 g/mol. The number of fused-ring (bicyclic) bond motifs is 1. The van der Waals surface area contributed by atoms with Crippen LogP contribution in [0, 0.1) is 0 Å². The Morgan fingerprint density at radius 2 is 2.10 bits per heavy atom. The van der Waals surface area contributed by atoms with Gasteiger partial charge in [0.05, 0.1) is 6.61 Å². The maximum Gasteiger partial charge on any atom is 0.355 e. The van der Waals surface area contributed by atoms with Crippen molar-refractivity contribution >= 4 is 45.3 Å². The molecular formula is C15H15Cl2NO3. The van der Waals surface area contributed by atoms with Gasteiger partial charge in [0.1, 0.15) is 5.69 Å². The molecule has 1 aromatic heterocycles. The minimum absolute atomic E-state index is 0.159. The number of aromatic amines is 1. The summed E-state index contributed by atoms with van der Waals surface area (Å²) in [7, 11) is 0. The SMILES string of the molecule is CCOC(=O)c1[nH]c2ccc(CCl)cc2c1CCC(=O)Cl. The van der Waals surface area contributed by atoms with Crippen molar-refractivity contribution in [1.82, 2.24) is 4.98 Å². The molecule has 1 aromatic carbocycles. The van der Waals surface area contributed by atoms with E-state index in [1.165, 1.54) is 0 Å². The van der Waals surface area contributed by atoms with Gasteiger partial charge in [0.15, 0.2) is 0 Å². The lowest BCUT2D eigenvalue weighted by Gasteiger charge is -2.03. The molecule has 0 saturated heterocycles. The van der Waals surface area contributed by atoms with E-state index in [9.17, 15) is 9.59 Å². The molecule has 2 aromatic rings. The summed E-state index contributed by atoms with van der Waals surface area (Å²) in [5.41, 5.74) is 2.86. The molecule has 0 aliphatic rings. The Bertz CT molecular complexity index is 679. The number of nitrogens with one attached hydrogen (secondary N) is 1. The van der Waals surface area contributed by atoms with Gasteiger partial charge in [-0.3, -0.25) is 4.79 Å². The number of aryl methyl sites for hydroxylation is 1. The van der Waals surface area contributed by atoms with Gasteiger partial charge in [-0.2, -0.15) is 0 Å². The standard InChI is InChI=1S/C15H15Cl2NO3/c1-2-21-15(20)14-10(4-6-13(17)19)11-7-9(8-16)3-5-12(11)18-14/h3,5,7,18H,2,4,6,8H2,1H3. The lowest BCUT2D eigenvalue weighted by molar-refractivity contribution is -0.111. The second-order valence-corrected chi connectivity index (χ2v) is 5.26. The number of carbonyl (C=O) groups is 2. The Balaban J connectivity index is 2.52. The van der Waals surface area contributed by atoms with Crippen molar-refractivity contribution in [3.63, 3.8) is 0 Å². The number of rotatable bonds is 6. The fourth-order valence-corrected chi connectivity index (χ4v) is 2.50. The van der Waals surface area contributed by atoms with E-state index in [1.54, 1.807) is 6.92 Å². The first-order chi connectivity index (χ1) is 10.1. The number of aromatic nitrogens is 1. The first-order valence-electron chi connectivity index (χ1n) is 6.61. The van der Waals surface area contributed by atoms with Crippen LogP contribution in [0.5, 0.6) is 0 Å². The highest BCUT2D eigenvalue weighted by Crippen LogP contribution is 2.26. The first-order valence-corrected chi connectivity index (χ1v) is 7.53. The van der Waals surface area contributed by atoms with Gasteiger partial charge in [-0.25, -0.2) is 4.79 Å². The van der Waals surface area contributed by atoms with Crippen molar-refractivity contribution in [2.75, 3.05) is 6.61 Å². The van der Waals surface area contributed by atoms with E-state index in [-0.39, 0.29) is 13.0 Å². The van der Waals surface area contributed by atoms with Gasteiger partial charge in [-0.05, 0) is 48.2 Å². The summed E-state index contributed by atoms with van der Waals surface area (Å²) in [6.45, 7) is 2.03. The Kier molecular flexibility index (Phi) is 5.26. The average Bonchev–Trinajstić information content (AvgIpc) is 2.83. The zero-order valence-electron chi connectivity index (χ0n) is 11.5. The van der Waals surface area contributed by atoms with Crippen LogP contribution in [0.25, 0.3) is 10.9 Å². The van der Waals surface area contributed by atoms with Crippen molar-refractivity contribution in [2.45, 2.75) is 25.6 Å². The second kappa shape index (κ2) is 6.96. The van der Waals surface area contributed by atoms with Crippen LogP contribution in [0.1, 0.15) is 35.0 Å². The van der Waals surface area contributed by atoms with E-state index in [2.05, 4.69) is 4.98 Å². The predicted octanol–water partition coefficient (Wildman–Crippen LogP) is 3.78. The smallest absolute Gasteiger partial charge is 0.355 e. The normalized spacial score (nSPS) is 10.8. The average molecular weight is 328 g/mol. The summed E-state index contributed by atoms with van der Waals surface area (Å²) in [6.07, 6.45) is 0.536. The number of alkyl halides is 1. The van der Waals surface area contributed by atoms with E-state index >= 15 is 0 Å². The summed E-state index contributed by atoms with van der Waals surface area (Å²) >= 11 is 11.3. The van der Waals surface area contributed by atoms with Gasteiger partial charge >= 0.3 is 5.97 Å². The first kappa shape index (κ1) is 15.9. The number of ether oxygens (including phenoxy) is 1. The van der Waals surface area contributed by atoms with Crippen molar-refractivity contribution in [1.29, 1.82) is 0 Å². The van der Waals surface area contributed by atoms with Gasteiger partial charge in [0.25, 0.3) is 0 Å². The molecule has 0 saturated carbocycles. The monoisotopic (exact) mass is 327 g/mol. The molecule has 1 heterocycles. The molecule has 4 nitrogen and oxygen atoms in total. The van der Waals surface area contributed by atoms with E-state index in [4.69, 9.17) is 27.9 Å². The summed E-state index contributed by atoms with van der Waals surface area (Å²) in [6, 6.07) is 5.66. The number of hydrogen-bond acceptors (Lipinski definition) is 3. The molecule has 0 amide bonds. The molecule has 0 fully saturated rings. The van der Waals surface area contributed by atoms with Crippen LogP contribution >= 0.6 is 23.2 Å². The summed E-state index contributed by atoms with van der Waals surface area (Å²) < 4.78 is 5.05. The fourth-order valence-electron chi connectivity index (χ4n) is 2.24. The van der Waals surface area contributed by atoms with Crippen LogP contribution in [0.2, 0.25) is 0 Å². The predicted molar refractivity (Wildman–Crippen MR) is 83.0 cm³/mol. The third kappa shape index (κ3) is 3.57. The van der Waals surface area contributed by atoms with E-state index in [0.29, 0.717) is 18.0 Å². The van der Waals surface area contributed by atoms with Crippen LogP contribution in [0.15, 0.2) is 18.2 Å². The molecule has 2 rings (SSSR count). The number of hydrogen-bond donors (Lipinski definition) is 1. The molecule has 0 radical (unpaired) electrons. The minimum atomic E-state index is -0.437.